The van der Waals surface area contributed by atoms with Crippen molar-refractivity contribution in [2.24, 2.45) is 5.73 Å². The number of amides is 1. The van der Waals surface area contributed by atoms with E-state index in [0.29, 0.717) is 33.8 Å². The lowest BCUT2D eigenvalue weighted by Gasteiger charge is -2.40. The van der Waals surface area contributed by atoms with Crippen LogP contribution in [0.15, 0.2) is 54.6 Å². The first-order valence-electron chi connectivity index (χ1n) is 11.3. The number of carbonyl (C=O) groups is 1. The predicted octanol–water partition coefficient (Wildman–Crippen LogP) is 5.60. The molecule has 1 unspecified atom stereocenters. The molecule has 0 aliphatic carbocycles. The molecule has 1 aliphatic rings. The summed E-state index contributed by atoms with van der Waals surface area (Å²) in [7, 11) is 4.54. The maximum atomic E-state index is 13.7. The van der Waals surface area contributed by atoms with Gasteiger partial charge in [0.2, 0.25) is 0 Å². The molecule has 0 saturated heterocycles. The van der Waals surface area contributed by atoms with Crippen LogP contribution in [0.5, 0.6) is 11.5 Å². The lowest BCUT2D eigenvalue weighted by Crippen LogP contribution is -2.52. The van der Waals surface area contributed by atoms with Gasteiger partial charge < -0.3 is 25.4 Å². The lowest BCUT2D eigenvalue weighted by atomic mass is 9.85. The number of alkyl halides is 3. The maximum absolute atomic E-state index is 13.7. The monoisotopic (exact) mass is 499 g/mol. The first-order valence-corrected chi connectivity index (χ1v) is 11.3. The Kier molecular flexibility index (Phi) is 6.38. The number of nitrogens with one attached hydrogen (secondary N) is 1. The average Bonchev–Trinajstić information content (AvgIpc) is 2.85. The van der Waals surface area contributed by atoms with Gasteiger partial charge in [-0.2, -0.15) is 13.2 Å². The van der Waals surface area contributed by atoms with Crippen LogP contribution in [0.2, 0.25) is 0 Å². The number of rotatable bonds is 5. The molecule has 1 aliphatic heterocycles. The smallest absolute Gasteiger partial charge is 0.416 e. The Morgan fingerprint density at radius 2 is 1.64 bits per heavy atom. The zero-order valence-corrected chi connectivity index (χ0v) is 20.7. The first-order chi connectivity index (χ1) is 16.9. The molecule has 0 saturated carbocycles. The van der Waals surface area contributed by atoms with Gasteiger partial charge in [0.25, 0.3) is 5.91 Å². The van der Waals surface area contributed by atoms with Crippen LogP contribution < -0.4 is 25.4 Å². The fraction of sp³-hybridized carbons (Fsp3) is 0.296. The number of carbonyl (C=O) groups excluding carboxylic acids is 1. The fourth-order valence-electron chi connectivity index (χ4n) is 4.70. The molecule has 3 aromatic carbocycles. The highest BCUT2D eigenvalue weighted by atomic mass is 19.4. The zero-order valence-electron chi connectivity index (χ0n) is 20.7. The summed E-state index contributed by atoms with van der Waals surface area (Å²) in [6.45, 7) is 3.52. The second-order valence-corrected chi connectivity index (χ2v) is 9.17. The number of anilines is 2. The highest BCUT2D eigenvalue weighted by Gasteiger charge is 2.40. The third-order valence-corrected chi connectivity index (χ3v) is 6.44. The number of halogens is 3. The number of ether oxygens (including phenoxy) is 2. The Morgan fingerprint density at radius 3 is 2.28 bits per heavy atom. The van der Waals surface area contributed by atoms with Crippen molar-refractivity contribution in [3.05, 3.63) is 71.3 Å². The standard InChI is InChI=1S/C27H28F3N3O3/c1-26(2)25(34)33(3)24-19(32-26)12-11-16(18-14-15(27(28,29)30)10-13-21(18)36-5)22(24)23(31)17-8-6-7-9-20(17)35-4/h6-14,23,32H,31H2,1-5H3. The minimum absolute atomic E-state index is 0.209. The van der Waals surface area contributed by atoms with E-state index >= 15 is 0 Å². The van der Waals surface area contributed by atoms with Gasteiger partial charge in [0.1, 0.15) is 17.0 Å². The molecule has 4 rings (SSSR count). The molecule has 0 spiro atoms. The van der Waals surface area contributed by atoms with Gasteiger partial charge in [0.05, 0.1) is 37.2 Å². The lowest BCUT2D eigenvalue weighted by molar-refractivity contribution is -0.137. The van der Waals surface area contributed by atoms with Crippen molar-refractivity contribution in [1.29, 1.82) is 0 Å². The van der Waals surface area contributed by atoms with Crippen molar-refractivity contribution in [3.8, 4) is 22.6 Å². The molecule has 1 amide bonds. The van der Waals surface area contributed by atoms with Crippen LogP contribution in [0.3, 0.4) is 0 Å². The molecule has 36 heavy (non-hydrogen) atoms. The molecular formula is C27H28F3N3O3. The topological polar surface area (TPSA) is 76.8 Å². The molecule has 0 radical (unpaired) electrons. The van der Waals surface area contributed by atoms with Crippen LogP contribution in [-0.4, -0.2) is 32.7 Å². The van der Waals surface area contributed by atoms with Crippen LogP contribution in [0, 0.1) is 0 Å². The SMILES string of the molecule is COc1ccc(C(F)(F)F)cc1-c1ccc2c(c1C(N)c1ccccc1OC)N(C)C(=O)C(C)(C)N2. The molecule has 9 heteroatoms. The number of fused-ring (bicyclic) bond motifs is 1. The number of likely N-dealkylation sites (N-methyl/N-ethyl adjacent to an activating group) is 1. The van der Waals surface area contributed by atoms with Crippen LogP contribution in [0.1, 0.15) is 36.6 Å². The summed E-state index contributed by atoms with van der Waals surface area (Å²) in [6, 6.07) is 13.0. The van der Waals surface area contributed by atoms with Gasteiger partial charge in [0.15, 0.2) is 0 Å². The normalized spacial score (nSPS) is 15.7. The second-order valence-electron chi connectivity index (χ2n) is 9.17. The largest absolute Gasteiger partial charge is 0.496 e. The highest BCUT2D eigenvalue weighted by Crippen LogP contribution is 2.48. The Labute approximate surface area is 207 Å². The van der Waals surface area contributed by atoms with Gasteiger partial charge >= 0.3 is 6.18 Å². The number of nitrogens with two attached hydrogens (primary N) is 1. The number of hydrogen-bond acceptors (Lipinski definition) is 5. The van der Waals surface area contributed by atoms with Gasteiger partial charge in [-0.1, -0.05) is 24.3 Å². The Morgan fingerprint density at radius 1 is 0.972 bits per heavy atom. The summed E-state index contributed by atoms with van der Waals surface area (Å²) < 4.78 is 52.0. The minimum atomic E-state index is -4.56. The third kappa shape index (κ3) is 4.24. The first kappa shape index (κ1) is 25.4. The number of nitrogens with zero attached hydrogens (tertiary/aromatic N) is 1. The van der Waals surface area contributed by atoms with Crippen molar-refractivity contribution in [2.45, 2.75) is 31.6 Å². The van der Waals surface area contributed by atoms with Gasteiger partial charge in [0, 0.05) is 23.7 Å². The maximum Gasteiger partial charge on any atom is 0.416 e. The number of para-hydroxylation sites is 1. The van der Waals surface area contributed by atoms with Crippen molar-refractivity contribution in [1.82, 2.24) is 0 Å². The van der Waals surface area contributed by atoms with Gasteiger partial charge in [-0.3, -0.25) is 4.79 Å². The van der Waals surface area contributed by atoms with Crippen LogP contribution in [0.25, 0.3) is 11.1 Å². The zero-order chi connectivity index (χ0) is 26.4. The van der Waals surface area contributed by atoms with E-state index in [-0.39, 0.29) is 17.2 Å². The van der Waals surface area contributed by atoms with Crippen LogP contribution in [0.4, 0.5) is 24.5 Å². The van der Waals surface area contributed by atoms with E-state index in [0.717, 1.165) is 12.1 Å². The predicted molar refractivity (Wildman–Crippen MR) is 134 cm³/mol. The summed E-state index contributed by atoms with van der Waals surface area (Å²) in [6.07, 6.45) is -4.56. The van der Waals surface area contributed by atoms with Gasteiger partial charge in [-0.15, -0.1) is 0 Å². The quantitative estimate of drug-likeness (QED) is 0.478. The van der Waals surface area contributed by atoms with Crippen LogP contribution >= 0.6 is 0 Å². The molecule has 3 N–H and O–H groups in total. The molecule has 0 fully saturated rings. The Bertz CT molecular complexity index is 1320. The molecule has 0 aromatic heterocycles. The molecule has 190 valence electrons. The molecule has 1 heterocycles. The molecular weight excluding hydrogens is 471 g/mol. The summed E-state index contributed by atoms with van der Waals surface area (Å²) >= 11 is 0. The Hall–Kier alpha value is -3.72. The number of methoxy groups -OCH3 is 2. The van der Waals surface area contributed by atoms with E-state index in [1.54, 1.807) is 57.3 Å². The van der Waals surface area contributed by atoms with Crippen molar-refractivity contribution in [2.75, 3.05) is 31.5 Å². The number of benzene rings is 3. The summed E-state index contributed by atoms with van der Waals surface area (Å²) in [5.74, 6) is 0.550. The highest BCUT2D eigenvalue weighted by molar-refractivity contribution is 6.09. The summed E-state index contributed by atoms with van der Waals surface area (Å²) in [5.41, 5.74) is 7.95. The Balaban J connectivity index is 2.08. The van der Waals surface area contributed by atoms with E-state index in [1.165, 1.54) is 25.2 Å². The second kappa shape index (κ2) is 9.05. The molecule has 6 nitrogen and oxygen atoms in total. The van der Waals surface area contributed by atoms with Crippen molar-refractivity contribution >= 4 is 17.3 Å². The summed E-state index contributed by atoms with van der Waals surface area (Å²) in [5, 5.41) is 3.25. The van der Waals surface area contributed by atoms with E-state index in [2.05, 4.69) is 5.32 Å². The van der Waals surface area contributed by atoms with Crippen molar-refractivity contribution in [3.63, 3.8) is 0 Å². The van der Waals surface area contributed by atoms with E-state index in [1.807, 2.05) is 0 Å². The fourth-order valence-corrected chi connectivity index (χ4v) is 4.70. The molecule has 1 atom stereocenters. The molecule has 0 bridgehead atoms. The van der Waals surface area contributed by atoms with E-state index in [4.69, 9.17) is 15.2 Å². The molecule has 3 aromatic rings. The minimum Gasteiger partial charge on any atom is -0.496 e. The van der Waals surface area contributed by atoms with E-state index in [9.17, 15) is 18.0 Å². The van der Waals surface area contributed by atoms with E-state index < -0.39 is 23.3 Å². The van der Waals surface area contributed by atoms with Crippen molar-refractivity contribution < 1.29 is 27.4 Å². The third-order valence-electron chi connectivity index (χ3n) is 6.44. The number of hydrogen-bond donors (Lipinski definition) is 2. The van der Waals surface area contributed by atoms with Gasteiger partial charge in [-0.25, -0.2) is 0 Å². The van der Waals surface area contributed by atoms with Crippen LogP contribution in [-0.2, 0) is 11.0 Å². The van der Waals surface area contributed by atoms with Gasteiger partial charge in [-0.05, 0) is 49.7 Å². The average molecular weight is 500 g/mol. The summed E-state index contributed by atoms with van der Waals surface area (Å²) in [4.78, 5) is 14.7.